The van der Waals surface area contributed by atoms with E-state index in [2.05, 4.69) is 24.0 Å². The molecule has 0 aromatic carbocycles. The van der Waals surface area contributed by atoms with Gasteiger partial charge in [0.15, 0.2) is 0 Å². The maximum Gasteiger partial charge on any atom is 0.490 e. The minimum Gasteiger partial charge on any atom is -0.475 e. The van der Waals surface area contributed by atoms with E-state index in [9.17, 15) is 18.0 Å². The Kier molecular flexibility index (Phi) is 6.33. The van der Waals surface area contributed by atoms with Gasteiger partial charge in [-0.25, -0.2) is 4.79 Å². The van der Waals surface area contributed by atoms with E-state index in [0.717, 1.165) is 45.4 Å². The summed E-state index contributed by atoms with van der Waals surface area (Å²) in [5.74, 6) is -2.37. The molecule has 1 aromatic heterocycles. The predicted molar refractivity (Wildman–Crippen MR) is 91.9 cm³/mol. The van der Waals surface area contributed by atoms with Crippen molar-refractivity contribution >= 4 is 23.2 Å². The average Bonchev–Trinajstić information content (AvgIpc) is 3.08. The van der Waals surface area contributed by atoms with Crippen molar-refractivity contribution in [1.29, 1.82) is 0 Å². The van der Waals surface area contributed by atoms with Gasteiger partial charge in [-0.15, -0.1) is 11.3 Å². The van der Waals surface area contributed by atoms with Crippen LogP contribution in [-0.2, 0) is 16.1 Å². The van der Waals surface area contributed by atoms with Crippen molar-refractivity contribution in [2.45, 2.75) is 38.9 Å². The maximum atomic E-state index is 12.3. The van der Waals surface area contributed by atoms with Crippen molar-refractivity contribution < 1.29 is 27.9 Å². The van der Waals surface area contributed by atoms with Crippen LogP contribution in [0.25, 0.3) is 0 Å². The summed E-state index contributed by atoms with van der Waals surface area (Å²) < 4.78 is 31.7. The highest BCUT2D eigenvalue weighted by atomic mass is 32.1. The number of rotatable bonds is 2. The number of hydrogen-bond acceptors (Lipinski definition) is 4. The lowest BCUT2D eigenvalue weighted by atomic mass is 9.77. The highest BCUT2D eigenvalue weighted by molar-refractivity contribution is 7.11. The molecule has 0 bridgehead atoms. The summed E-state index contributed by atoms with van der Waals surface area (Å²) in [7, 11) is 1.94. The van der Waals surface area contributed by atoms with Crippen LogP contribution in [0.5, 0.6) is 0 Å². The summed E-state index contributed by atoms with van der Waals surface area (Å²) in [4.78, 5) is 28.4. The van der Waals surface area contributed by atoms with E-state index in [0.29, 0.717) is 5.91 Å². The Labute approximate surface area is 154 Å². The van der Waals surface area contributed by atoms with Gasteiger partial charge in [-0.3, -0.25) is 9.69 Å². The molecule has 3 heterocycles. The van der Waals surface area contributed by atoms with Gasteiger partial charge in [0.05, 0.1) is 5.41 Å². The molecular weight excluding hydrogens is 369 g/mol. The average molecular weight is 392 g/mol. The molecule has 1 spiro atoms. The summed E-state index contributed by atoms with van der Waals surface area (Å²) in [6, 6.07) is 4.43. The molecule has 0 atom stereocenters. The first kappa shape index (κ1) is 20.7. The Morgan fingerprint density at radius 2 is 1.77 bits per heavy atom. The van der Waals surface area contributed by atoms with Crippen molar-refractivity contribution in [2.24, 2.45) is 5.41 Å². The number of carboxylic acid groups (broad SMARTS) is 1. The zero-order chi connectivity index (χ0) is 19.5. The molecule has 0 aliphatic carbocycles. The number of aliphatic carboxylic acids is 1. The number of carboxylic acids is 1. The van der Waals surface area contributed by atoms with Crippen molar-refractivity contribution in [3.05, 3.63) is 21.9 Å². The van der Waals surface area contributed by atoms with Gasteiger partial charge in [-0.1, -0.05) is 0 Å². The number of carbonyl (C=O) groups is 2. The molecule has 0 radical (unpaired) electrons. The van der Waals surface area contributed by atoms with Gasteiger partial charge in [0.1, 0.15) is 0 Å². The zero-order valence-corrected chi connectivity index (χ0v) is 15.6. The first-order chi connectivity index (χ1) is 12.0. The van der Waals surface area contributed by atoms with E-state index in [-0.39, 0.29) is 5.41 Å². The fraction of sp³-hybridized carbons (Fsp3) is 0.647. The summed E-state index contributed by atoms with van der Waals surface area (Å²) >= 11 is 1.89. The number of thiophene rings is 1. The predicted octanol–water partition coefficient (Wildman–Crippen LogP) is 3.13. The smallest absolute Gasteiger partial charge is 0.475 e. The number of aryl methyl sites for hydroxylation is 1. The molecule has 9 heteroatoms. The van der Waals surface area contributed by atoms with Crippen LogP contribution >= 0.6 is 11.3 Å². The van der Waals surface area contributed by atoms with Gasteiger partial charge in [0, 0.05) is 29.9 Å². The van der Waals surface area contributed by atoms with Crippen molar-refractivity contribution in [3.63, 3.8) is 0 Å². The first-order valence-corrected chi connectivity index (χ1v) is 9.18. The van der Waals surface area contributed by atoms with Crippen LogP contribution in [0.2, 0.25) is 0 Å². The van der Waals surface area contributed by atoms with Gasteiger partial charge in [0.2, 0.25) is 5.91 Å². The normalized spacial score (nSPS) is 20.2. The molecule has 26 heavy (non-hydrogen) atoms. The number of halogens is 3. The molecule has 2 aliphatic rings. The molecule has 5 nitrogen and oxygen atoms in total. The molecule has 1 aromatic rings. The molecule has 2 saturated heterocycles. The van der Waals surface area contributed by atoms with Gasteiger partial charge >= 0.3 is 12.1 Å². The van der Waals surface area contributed by atoms with Gasteiger partial charge < -0.3 is 10.0 Å². The third-order valence-corrected chi connectivity index (χ3v) is 5.94. The monoisotopic (exact) mass is 392 g/mol. The third kappa shape index (κ3) is 4.97. The molecule has 0 unspecified atom stereocenters. The van der Waals surface area contributed by atoms with E-state index in [1.807, 2.05) is 23.3 Å². The Morgan fingerprint density at radius 3 is 2.15 bits per heavy atom. The number of alkyl halides is 3. The molecule has 2 fully saturated rings. The quantitative estimate of drug-likeness (QED) is 0.840. The Bertz CT molecular complexity index is 652. The second-order valence-corrected chi connectivity index (χ2v) is 8.22. The Morgan fingerprint density at radius 1 is 1.23 bits per heavy atom. The van der Waals surface area contributed by atoms with E-state index in [1.54, 1.807) is 0 Å². The lowest BCUT2D eigenvalue weighted by Crippen LogP contribution is -2.43. The van der Waals surface area contributed by atoms with E-state index in [1.165, 1.54) is 9.75 Å². The number of likely N-dealkylation sites (tertiary alicyclic amines) is 2. The summed E-state index contributed by atoms with van der Waals surface area (Å²) in [6.45, 7) is 6.29. The Hall–Kier alpha value is -1.61. The van der Waals surface area contributed by atoms with Crippen LogP contribution in [0.15, 0.2) is 12.1 Å². The standard InChI is InChI=1S/C15H22N2OS.C2HF3O2/c1-12-3-4-13(19-12)11-17-9-6-15(7-10-17)5-8-16(2)14(15)18;3-2(4,5)1(6)7/h3-4H,5-11H2,1-2H3;(H,6,7). The van der Waals surface area contributed by atoms with Crippen molar-refractivity contribution in [1.82, 2.24) is 9.80 Å². The second kappa shape index (κ2) is 7.96. The van der Waals surface area contributed by atoms with E-state index < -0.39 is 12.1 Å². The van der Waals surface area contributed by atoms with Gasteiger partial charge in [-0.2, -0.15) is 13.2 Å². The van der Waals surface area contributed by atoms with Gasteiger partial charge in [-0.05, 0) is 51.4 Å². The number of hydrogen-bond donors (Lipinski definition) is 1. The molecular formula is C17H23F3N2O3S. The lowest BCUT2D eigenvalue weighted by Gasteiger charge is -2.37. The van der Waals surface area contributed by atoms with Crippen LogP contribution in [0.3, 0.4) is 0 Å². The van der Waals surface area contributed by atoms with Crippen LogP contribution in [0.1, 0.15) is 29.0 Å². The summed E-state index contributed by atoms with van der Waals surface area (Å²) in [6.07, 6.45) is -1.94. The van der Waals surface area contributed by atoms with Crippen molar-refractivity contribution in [3.8, 4) is 0 Å². The van der Waals surface area contributed by atoms with Gasteiger partial charge in [0.25, 0.3) is 0 Å². The Balaban J connectivity index is 0.000000298. The molecule has 146 valence electrons. The van der Waals surface area contributed by atoms with Crippen molar-refractivity contribution in [2.75, 3.05) is 26.7 Å². The minimum atomic E-state index is -5.08. The second-order valence-electron chi connectivity index (χ2n) is 6.85. The number of nitrogens with zero attached hydrogens (tertiary/aromatic N) is 2. The minimum absolute atomic E-state index is 0.0172. The zero-order valence-electron chi connectivity index (χ0n) is 14.8. The van der Waals surface area contributed by atoms with Crippen LogP contribution in [-0.4, -0.2) is 59.6 Å². The molecule has 1 N–H and O–H groups in total. The molecule has 2 aliphatic heterocycles. The lowest BCUT2D eigenvalue weighted by molar-refractivity contribution is -0.192. The van der Waals surface area contributed by atoms with Crippen LogP contribution < -0.4 is 0 Å². The number of carbonyl (C=O) groups excluding carboxylic acids is 1. The fourth-order valence-electron chi connectivity index (χ4n) is 3.39. The molecule has 0 saturated carbocycles. The SMILES string of the molecule is Cc1ccc(CN2CCC3(CC2)CCN(C)C3=O)s1.O=C(O)C(F)(F)F. The largest absolute Gasteiger partial charge is 0.490 e. The summed E-state index contributed by atoms with van der Waals surface area (Å²) in [5.41, 5.74) is -0.0172. The van der Waals surface area contributed by atoms with Crippen LogP contribution in [0, 0.1) is 12.3 Å². The van der Waals surface area contributed by atoms with E-state index >= 15 is 0 Å². The molecule has 3 rings (SSSR count). The fourth-order valence-corrected chi connectivity index (χ4v) is 4.32. The van der Waals surface area contributed by atoms with Crippen LogP contribution in [0.4, 0.5) is 13.2 Å². The highest BCUT2D eigenvalue weighted by Crippen LogP contribution is 2.41. The molecule has 1 amide bonds. The number of piperidine rings is 1. The summed E-state index contributed by atoms with van der Waals surface area (Å²) in [5, 5.41) is 7.12. The maximum absolute atomic E-state index is 12.3. The first-order valence-electron chi connectivity index (χ1n) is 8.37. The third-order valence-electron chi connectivity index (χ3n) is 4.96. The topological polar surface area (TPSA) is 60.9 Å². The van der Waals surface area contributed by atoms with E-state index in [4.69, 9.17) is 9.90 Å². The highest BCUT2D eigenvalue weighted by Gasteiger charge is 2.46. The number of amides is 1.